The van der Waals surface area contributed by atoms with Gasteiger partial charge in [0.1, 0.15) is 6.04 Å². The van der Waals surface area contributed by atoms with Crippen molar-refractivity contribution in [1.29, 1.82) is 0 Å². The van der Waals surface area contributed by atoms with E-state index in [1.165, 1.54) is 0 Å². The molecule has 1 unspecified atom stereocenters. The van der Waals surface area contributed by atoms with Crippen LogP contribution in [0.4, 0.5) is 4.79 Å². The summed E-state index contributed by atoms with van der Waals surface area (Å²) >= 11 is 5.14. The monoisotopic (exact) mass is 208 g/mol. The van der Waals surface area contributed by atoms with Crippen molar-refractivity contribution in [2.24, 2.45) is 11.7 Å². The highest BCUT2D eigenvalue weighted by Gasteiger charge is 2.21. The van der Waals surface area contributed by atoms with Crippen molar-refractivity contribution >= 4 is 23.6 Å². The summed E-state index contributed by atoms with van der Waals surface area (Å²) < 4.78 is 4.38. The minimum Gasteiger partial charge on any atom is -0.433 e. The second-order valence-electron chi connectivity index (χ2n) is 2.81. The highest BCUT2D eigenvalue weighted by Crippen LogP contribution is 2.00. The lowest BCUT2D eigenvalue weighted by molar-refractivity contribution is -0.120. The minimum absolute atomic E-state index is 0.0830. The van der Waals surface area contributed by atoms with Crippen molar-refractivity contribution in [2.45, 2.75) is 19.9 Å². The molecule has 0 heterocycles. The number of amides is 2. The highest BCUT2D eigenvalue weighted by molar-refractivity contribution is 6.17. The van der Waals surface area contributed by atoms with Crippen LogP contribution in [0.2, 0.25) is 0 Å². The summed E-state index contributed by atoms with van der Waals surface area (Å²) in [6.45, 7) is 3.52. The van der Waals surface area contributed by atoms with Gasteiger partial charge < -0.3 is 15.8 Å². The van der Waals surface area contributed by atoms with Gasteiger partial charge in [-0.3, -0.25) is 4.79 Å². The van der Waals surface area contributed by atoms with Gasteiger partial charge in [-0.25, -0.2) is 4.79 Å². The largest absolute Gasteiger partial charge is 0.433 e. The first-order valence-corrected chi connectivity index (χ1v) is 4.31. The molecule has 0 saturated carbocycles. The molecule has 0 aliphatic carbocycles. The van der Waals surface area contributed by atoms with Crippen LogP contribution in [0.3, 0.4) is 0 Å². The van der Waals surface area contributed by atoms with Crippen LogP contribution in [0.1, 0.15) is 13.8 Å². The van der Waals surface area contributed by atoms with Crippen LogP contribution in [0.15, 0.2) is 0 Å². The molecule has 76 valence electrons. The Morgan fingerprint density at radius 2 is 2.08 bits per heavy atom. The highest BCUT2D eigenvalue weighted by atomic mass is 35.5. The topological polar surface area (TPSA) is 81.4 Å². The minimum atomic E-state index is -0.743. The molecular weight excluding hydrogens is 196 g/mol. The van der Waals surface area contributed by atoms with Gasteiger partial charge in [-0.05, 0) is 5.92 Å². The zero-order valence-corrected chi connectivity index (χ0v) is 8.30. The second kappa shape index (κ2) is 5.64. The summed E-state index contributed by atoms with van der Waals surface area (Å²) in [7, 11) is 0. The summed E-state index contributed by atoms with van der Waals surface area (Å²) in [6.07, 6.45) is -0.743. The Morgan fingerprint density at radius 1 is 1.54 bits per heavy atom. The van der Waals surface area contributed by atoms with Crippen molar-refractivity contribution in [1.82, 2.24) is 5.32 Å². The predicted octanol–water partition coefficient (Wildman–Crippen LogP) is 0.419. The van der Waals surface area contributed by atoms with Gasteiger partial charge in [-0.1, -0.05) is 25.4 Å². The van der Waals surface area contributed by atoms with Crippen LogP contribution < -0.4 is 11.1 Å². The second-order valence-corrected chi connectivity index (χ2v) is 3.03. The molecule has 1 atom stereocenters. The molecule has 0 aromatic rings. The van der Waals surface area contributed by atoms with E-state index in [0.717, 1.165) is 0 Å². The summed E-state index contributed by atoms with van der Waals surface area (Å²) in [6, 6.07) is -0.981. The third-order valence-corrected chi connectivity index (χ3v) is 1.54. The van der Waals surface area contributed by atoms with Crippen molar-refractivity contribution in [2.75, 3.05) is 6.07 Å². The zero-order chi connectivity index (χ0) is 10.4. The molecule has 5 nitrogen and oxygen atoms in total. The van der Waals surface area contributed by atoms with Gasteiger partial charge in [0.05, 0.1) is 0 Å². The maximum Gasteiger partial charge on any atom is 0.409 e. The first kappa shape index (κ1) is 12.0. The first-order chi connectivity index (χ1) is 5.99. The van der Waals surface area contributed by atoms with E-state index in [1.54, 1.807) is 13.8 Å². The molecule has 0 radical (unpaired) electrons. The van der Waals surface area contributed by atoms with Crippen LogP contribution in [-0.2, 0) is 9.53 Å². The van der Waals surface area contributed by atoms with Gasteiger partial charge in [0, 0.05) is 0 Å². The van der Waals surface area contributed by atoms with E-state index in [1.807, 2.05) is 0 Å². The lowest BCUT2D eigenvalue weighted by Crippen LogP contribution is -2.47. The number of hydrogen-bond donors (Lipinski definition) is 2. The quantitative estimate of drug-likeness (QED) is 0.657. The number of carbonyl (C=O) groups is 2. The van der Waals surface area contributed by atoms with E-state index < -0.39 is 18.0 Å². The maximum absolute atomic E-state index is 10.8. The molecule has 0 aromatic heterocycles. The van der Waals surface area contributed by atoms with Crippen molar-refractivity contribution in [3.8, 4) is 0 Å². The summed E-state index contributed by atoms with van der Waals surface area (Å²) in [5.74, 6) is -0.679. The van der Waals surface area contributed by atoms with E-state index >= 15 is 0 Å². The third kappa shape index (κ3) is 4.57. The van der Waals surface area contributed by atoms with Crippen LogP contribution >= 0.6 is 11.6 Å². The fraction of sp³-hybridized carbons (Fsp3) is 0.714. The predicted molar refractivity (Wildman–Crippen MR) is 48.2 cm³/mol. The molecule has 0 aromatic carbocycles. The molecule has 0 fully saturated rings. The van der Waals surface area contributed by atoms with E-state index in [4.69, 9.17) is 17.3 Å². The molecule has 0 spiro atoms. The van der Waals surface area contributed by atoms with E-state index in [-0.39, 0.29) is 12.0 Å². The van der Waals surface area contributed by atoms with E-state index in [9.17, 15) is 9.59 Å². The standard InChI is InChI=1S/C7H13ClN2O3/c1-4(2)5(6(9)11)10-7(12)13-3-8/h4-5H,3H2,1-2H3,(H2,9,11)(H,10,12). The van der Waals surface area contributed by atoms with Gasteiger partial charge in [-0.2, -0.15) is 0 Å². The van der Waals surface area contributed by atoms with Crippen LogP contribution in [0, 0.1) is 5.92 Å². The average molecular weight is 209 g/mol. The Bertz CT molecular complexity index is 196. The molecule has 0 aliphatic heterocycles. The number of carbonyl (C=O) groups excluding carboxylic acids is 2. The Morgan fingerprint density at radius 3 is 2.38 bits per heavy atom. The number of nitrogens with two attached hydrogens (primary N) is 1. The number of alkyl carbamates (subject to hydrolysis) is 1. The molecule has 0 saturated heterocycles. The van der Waals surface area contributed by atoms with Crippen LogP contribution in [0.5, 0.6) is 0 Å². The zero-order valence-electron chi connectivity index (χ0n) is 7.54. The number of ether oxygens (including phenoxy) is 1. The third-order valence-electron chi connectivity index (χ3n) is 1.43. The Labute approximate surface area is 81.6 Å². The Hall–Kier alpha value is -0.970. The molecular formula is C7H13ClN2O3. The summed E-state index contributed by atoms with van der Waals surface area (Å²) in [4.78, 5) is 21.6. The van der Waals surface area contributed by atoms with Gasteiger partial charge in [-0.15, -0.1) is 0 Å². The smallest absolute Gasteiger partial charge is 0.409 e. The summed E-state index contributed by atoms with van der Waals surface area (Å²) in [5.41, 5.74) is 5.04. The van der Waals surface area contributed by atoms with Crippen LogP contribution in [-0.4, -0.2) is 24.1 Å². The molecule has 0 bridgehead atoms. The number of primary amides is 1. The number of nitrogens with one attached hydrogen (secondary N) is 1. The molecule has 0 aliphatic rings. The molecule has 13 heavy (non-hydrogen) atoms. The number of hydrogen-bond acceptors (Lipinski definition) is 3. The van der Waals surface area contributed by atoms with Gasteiger partial charge in [0.2, 0.25) is 5.91 Å². The van der Waals surface area contributed by atoms with Crippen molar-refractivity contribution in [3.63, 3.8) is 0 Å². The van der Waals surface area contributed by atoms with E-state index in [2.05, 4.69) is 10.1 Å². The number of halogens is 1. The van der Waals surface area contributed by atoms with E-state index in [0.29, 0.717) is 0 Å². The Balaban J connectivity index is 4.10. The van der Waals surface area contributed by atoms with Gasteiger partial charge in [0.15, 0.2) is 6.07 Å². The normalized spacial score (nSPS) is 12.3. The Kier molecular flexibility index (Phi) is 5.22. The lowest BCUT2D eigenvalue weighted by Gasteiger charge is -2.17. The molecule has 6 heteroatoms. The molecule has 0 rings (SSSR count). The average Bonchev–Trinajstić information content (AvgIpc) is 1.99. The fourth-order valence-corrected chi connectivity index (χ4v) is 0.884. The molecule has 2 amide bonds. The van der Waals surface area contributed by atoms with Gasteiger partial charge >= 0.3 is 6.09 Å². The first-order valence-electron chi connectivity index (χ1n) is 3.77. The lowest BCUT2D eigenvalue weighted by atomic mass is 10.0. The number of alkyl halides is 1. The van der Waals surface area contributed by atoms with Gasteiger partial charge in [0.25, 0.3) is 0 Å². The SMILES string of the molecule is CC(C)C(NC(=O)OCCl)C(N)=O. The number of rotatable bonds is 4. The summed E-state index contributed by atoms with van der Waals surface area (Å²) in [5, 5.41) is 2.30. The van der Waals surface area contributed by atoms with Crippen molar-refractivity contribution in [3.05, 3.63) is 0 Å². The van der Waals surface area contributed by atoms with Crippen LogP contribution in [0.25, 0.3) is 0 Å². The fourth-order valence-electron chi connectivity index (χ4n) is 0.785. The van der Waals surface area contributed by atoms with Crippen molar-refractivity contribution < 1.29 is 14.3 Å². The maximum atomic E-state index is 10.8. The molecule has 3 N–H and O–H groups in total.